The zero-order chi connectivity index (χ0) is 13.8. The third kappa shape index (κ3) is 2.57. The SMILES string of the molecule is CCc1cn(Cc2ccccc2)c(C=O)c1C(=O)O. The maximum atomic E-state index is 11.3. The molecule has 0 unspecified atom stereocenters. The highest BCUT2D eigenvalue weighted by Crippen LogP contribution is 2.18. The number of benzene rings is 1. The van der Waals surface area contributed by atoms with E-state index in [4.69, 9.17) is 0 Å². The van der Waals surface area contributed by atoms with Gasteiger partial charge in [0.2, 0.25) is 0 Å². The Morgan fingerprint density at radius 3 is 2.53 bits per heavy atom. The van der Waals surface area contributed by atoms with Crippen LogP contribution in [-0.2, 0) is 13.0 Å². The Hall–Kier alpha value is -2.36. The summed E-state index contributed by atoms with van der Waals surface area (Å²) in [7, 11) is 0. The van der Waals surface area contributed by atoms with Gasteiger partial charge in [-0.15, -0.1) is 0 Å². The summed E-state index contributed by atoms with van der Waals surface area (Å²) in [4.78, 5) is 22.4. The Balaban J connectivity index is 2.46. The van der Waals surface area contributed by atoms with Crippen LogP contribution in [0.5, 0.6) is 0 Å². The van der Waals surface area contributed by atoms with Gasteiger partial charge in [0.15, 0.2) is 6.29 Å². The third-order valence-electron chi connectivity index (χ3n) is 3.10. The number of nitrogens with zero attached hydrogens (tertiary/aromatic N) is 1. The predicted molar refractivity (Wildman–Crippen MR) is 71.7 cm³/mol. The molecule has 1 heterocycles. The van der Waals surface area contributed by atoms with Gasteiger partial charge in [-0.3, -0.25) is 4.79 Å². The second kappa shape index (κ2) is 5.52. The largest absolute Gasteiger partial charge is 0.478 e. The van der Waals surface area contributed by atoms with Crippen molar-refractivity contribution in [2.45, 2.75) is 19.9 Å². The van der Waals surface area contributed by atoms with Crippen molar-refractivity contribution in [3.8, 4) is 0 Å². The molecule has 1 aromatic carbocycles. The highest BCUT2D eigenvalue weighted by molar-refractivity contribution is 5.98. The van der Waals surface area contributed by atoms with E-state index in [-0.39, 0.29) is 11.3 Å². The smallest absolute Gasteiger partial charge is 0.338 e. The van der Waals surface area contributed by atoms with Crippen LogP contribution in [0.15, 0.2) is 36.5 Å². The maximum Gasteiger partial charge on any atom is 0.338 e. The molecular formula is C15H15NO3. The summed E-state index contributed by atoms with van der Waals surface area (Å²) >= 11 is 0. The van der Waals surface area contributed by atoms with Crippen molar-refractivity contribution < 1.29 is 14.7 Å². The van der Waals surface area contributed by atoms with Gasteiger partial charge in [0, 0.05) is 12.7 Å². The maximum absolute atomic E-state index is 11.3. The summed E-state index contributed by atoms with van der Waals surface area (Å²) in [6, 6.07) is 9.64. The molecule has 0 amide bonds. The van der Waals surface area contributed by atoms with Crippen molar-refractivity contribution in [3.63, 3.8) is 0 Å². The normalized spacial score (nSPS) is 10.4. The van der Waals surface area contributed by atoms with Crippen molar-refractivity contribution in [3.05, 3.63) is 58.9 Å². The number of carbonyl (C=O) groups is 2. The lowest BCUT2D eigenvalue weighted by molar-refractivity contribution is 0.0692. The van der Waals surface area contributed by atoms with Crippen LogP contribution in [0, 0.1) is 0 Å². The van der Waals surface area contributed by atoms with E-state index in [0.29, 0.717) is 24.8 Å². The molecule has 0 saturated carbocycles. The summed E-state index contributed by atoms with van der Waals surface area (Å²) in [5.41, 5.74) is 2.06. The molecular weight excluding hydrogens is 242 g/mol. The Morgan fingerprint density at radius 2 is 2.00 bits per heavy atom. The third-order valence-corrected chi connectivity index (χ3v) is 3.10. The molecule has 0 fully saturated rings. The monoisotopic (exact) mass is 257 g/mol. The van der Waals surface area contributed by atoms with Crippen LogP contribution < -0.4 is 0 Å². The van der Waals surface area contributed by atoms with Gasteiger partial charge in [-0.05, 0) is 17.5 Å². The van der Waals surface area contributed by atoms with Gasteiger partial charge in [0.1, 0.15) is 0 Å². The van der Waals surface area contributed by atoms with Crippen molar-refractivity contribution >= 4 is 12.3 Å². The molecule has 0 spiro atoms. The highest BCUT2D eigenvalue weighted by Gasteiger charge is 2.20. The number of aromatic nitrogens is 1. The van der Waals surface area contributed by atoms with E-state index in [1.807, 2.05) is 37.3 Å². The van der Waals surface area contributed by atoms with Crippen LogP contribution in [0.25, 0.3) is 0 Å². The lowest BCUT2D eigenvalue weighted by Gasteiger charge is -2.05. The first kappa shape index (κ1) is 13.1. The van der Waals surface area contributed by atoms with Crippen LogP contribution >= 0.6 is 0 Å². The summed E-state index contributed by atoms with van der Waals surface area (Å²) in [6.07, 6.45) is 2.95. The fourth-order valence-corrected chi connectivity index (χ4v) is 2.18. The van der Waals surface area contributed by atoms with Crippen LogP contribution in [0.2, 0.25) is 0 Å². The molecule has 4 heteroatoms. The molecule has 0 bridgehead atoms. The van der Waals surface area contributed by atoms with E-state index in [2.05, 4.69) is 0 Å². The number of carbonyl (C=O) groups excluding carboxylic acids is 1. The molecule has 0 atom stereocenters. The second-order valence-electron chi connectivity index (χ2n) is 4.30. The van der Waals surface area contributed by atoms with Crippen molar-refractivity contribution in [2.24, 2.45) is 0 Å². The lowest BCUT2D eigenvalue weighted by atomic mass is 10.1. The molecule has 19 heavy (non-hydrogen) atoms. The first-order valence-corrected chi connectivity index (χ1v) is 6.11. The Morgan fingerprint density at radius 1 is 1.32 bits per heavy atom. The van der Waals surface area contributed by atoms with Gasteiger partial charge in [-0.2, -0.15) is 0 Å². The number of hydrogen-bond acceptors (Lipinski definition) is 2. The van der Waals surface area contributed by atoms with Crippen molar-refractivity contribution in [2.75, 3.05) is 0 Å². The number of carboxylic acids is 1. The first-order valence-electron chi connectivity index (χ1n) is 6.11. The topological polar surface area (TPSA) is 59.3 Å². The molecule has 2 aromatic rings. The molecule has 0 aliphatic carbocycles. The van der Waals surface area contributed by atoms with Crippen LogP contribution in [0.3, 0.4) is 0 Å². The number of aromatic carboxylic acids is 1. The van der Waals surface area contributed by atoms with Gasteiger partial charge in [0.25, 0.3) is 0 Å². The van der Waals surface area contributed by atoms with E-state index < -0.39 is 5.97 Å². The highest BCUT2D eigenvalue weighted by atomic mass is 16.4. The minimum atomic E-state index is -1.05. The average Bonchev–Trinajstić information content (AvgIpc) is 2.77. The number of aldehydes is 1. The number of aryl methyl sites for hydroxylation is 1. The van der Waals surface area contributed by atoms with Crippen molar-refractivity contribution in [1.29, 1.82) is 0 Å². The molecule has 98 valence electrons. The van der Waals surface area contributed by atoms with E-state index in [9.17, 15) is 14.7 Å². The zero-order valence-electron chi connectivity index (χ0n) is 10.7. The van der Waals surface area contributed by atoms with E-state index in [1.54, 1.807) is 10.8 Å². The summed E-state index contributed by atoms with van der Waals surface area (Å²) in [6.45, 7) is 2.37. The zero-order valence-corrected chi connectivity index (χ0v) is 10.7. The molecule has 1 aromatic heterocycles. The fraction of sp³-hybridized carbons (Fsp3) is 0.200. The first-order chi connectivity index (χ1) is 9.17. The average molecular weight is 257 g/mol. The van der Waals surface area contributed by atoms with Crippen molar-refractivity contribution in [1.82, 2.24) is 4.57 Å². The minimum absolute atomic E-state index is 0.119. The standard InChI is InChI=1S/C15H15NO3/c1-2-12-9-16(8-11-6-4-3-5-7-11)13(10-17)14(12)15(18)19/h3-7,9-10H,2,8H2,1H3,(H,18,19). The molecule has 0 radical (unpaired) electrons. The molecule has 4 nitrogen and oxygen atoms in total. The van der Waals surface area contributed by atoms with Gasteiger partial charge < -0.3 is 9.67 Å². The van der Waals surface area contributed by atoms with Gasteiger partial charge in [-0.1, -0.05) is 37.3 Å². The summed E-state index contributed by atoms with van der Waals surface area (Å²) in [5, 5.41) is 9.22. The quantitative estimate of drug-likeness (QED) is 0.837. The fourth-order valence-electron chi connectivity index (χ4n) is 2.18. The van der Waals surface area contributed by atoms with Crippen LogP contribution in [0.4, 0.5) is 0 Å². The summed E-state index contributed by atoms with van der Waals surface area (Å²) in [5.74, 6) is -1.05. The van der Waals surface area contributed by atoms with Gasteiger partial charge in [0.05, 0.1) is 11.3 Å². The summed E-state index contributed by atoms with van der Waals surface area (Å²) < 4.78 is 1.70. The number of rotatable bonds is 5. The molecule has 1 N–H and O–H groups in total. The lowest BCUT2D eigenvalue weighted by Crippen LogP contribution is -2.07. The van der Waals surface area contributed by atoms with E-state index in [0.717, 1.165) is 5.56 Å². The van der Waals surface area contributed by atoms with Crippen LogP contribution in [0.1, 0.15) is 38.9 Å². The number of hydrogen-bond donors (Lipinski definition) is 1. The Labute approximate surface area is 111 Å². The molecule has 0 aliphatic rings. The molecule has 0 saturated heterocycles. The molecule has 0 aliphatic heterocycles. The van der Waals surface area contributed by atoms with Gasteiger partial charge >= 0.3 is 5.97 Å². The molecule has 2 rings (SSSR count). The Bertz CT molecular complexity index is 599. The minimum Gasteiger partial charge on any atom is -0.478 e. The number of carboxylic acid groups (broad SMARTS) is 1. The van der Waals surface area contributed by atoms with E-state index in [1.165, 1.54) is 0 Å². The van der Waals surface area contributed by atoms with Gasteiger partial charge in [-0.25, -0.2) is 4.79 Å². The Kier molecular flexibility index (Phi) is 3.80. The van der Waals surface area contributed by atoms with Crippen LogP contribution in [-0.4, -0.2) is 21.9 Å². The predicted octanol–water partition coefficient (Wildman–Crippen LogP) is 2.61. The second-order valence-corrected chi connectivity index (χ2v) is 4.30. The van der Waals surface area contributed by atoms with E-state index >= 15 is 0 Å².